The molecule has 0 aromatic heterocycles. The first kappa shape index (κ1) is 11.0. The molecule has 14 heavy (non-hydrogen) atoms. The van der Waals surface area contributed by atoms with E-state index >= 15 is 0 Å². The molecule has 1 saturated heterocycles. The summed E-state index contributed by atoms with van der Waals surface area (Å²) in [5.74, 6) is 3.56. The summed E-state index contributed by atoms with van der Waals surface area (Å²) in [5.41, 5.74) is 0. The van der Waals surface area contributed by atoms with Crippen molar-refractivity contribution in [3.63, 3.8) is 0 Å². The molecule has 0 amide bonds. The van der Waals surface area contributed by atoms with Crippen LogP contribution in [-0.2, 0) is 14.6 Å². The van der Waals surface area contributed by atoms with E-state index in [1.807, 2.05) is 0 Å². The molecule has 5 heteroatoms. The highest BCUT2D eigenvalue weighted by Gasteiger charge is 2.22. The number of carbonyl (C=O) groups excluding carboxylic acids is 1. The van der Waals surface area contributed by atoms with Gasteiger partial charge in [0.25, 0.3) is 0 Å². The molecule has 1 fully saturated rings. The zero-order valence-corrected chi connectivity index (χ0v) is 8.51. The highest BCUT2D eigenvalue weighted by molar-refractivity contribution is 7.91. The van der Waals surface area contributed by atoms with Gasteiger partial charge in [-0.15, -0.1) is 4.99 Å². The largest absolute Gasteiger partial charge is 0.249 e. The van der Waals surface area contributed by atoms with Crippen molar-refractivity contribution in [1.82, 2.24) is 0 Å². The molecule has 0 aromatic rings. The third kappa shape index (κ3) is 3.73. The topological polar surface area (TPSA) is 63.6 Å². The van der Waals surface area contributed by atoms with Crippen LogP contribution in [0.3, 0.4) is 0 Å². The van der Waals surface area contributed by atoms with Crippen molar-refractivity contribution >= 4 is 15.9 Å². The zero-order valence-electron chi connectivity index (χ0n) is 7.69. The van der Waals surface area contributed by atoms with Crippen LogP contribution in [0.2, 0.25) is 0 Å². The Kier molecular flexibility index (Phi) is 3.87. The number of sulfone groups is 1. The number of hydrogen-bond donors (Lipinski definition) is 0. The van der Waals surface area contributed by atoms with Crippen molar-refractivity contribution in [2.45, 2.75) is 19.3 Å². The molecule has 0 atom stereocenters. The number of hydrogen-bond acceptors (Lipinski definition) is 4. The van der Waals surface area contributed by atoms with E-state index in [-0.39, 0.29) is 11.5 Å². The van der Waals surface area contributed by atoms with E-state index in [0.717, 1.165) is 0 Å². The van der Waals surface area contributed by atoms with E-state index in [0.29, 0.717) is 25.2 Å². The minimum atomic E-state index is -2.78. The molecule has 0 N–H and O–H groups in total. The molecule has 1 aliphatic heterocycles. The minimum absolute atomic E-state index is 0.260. The summed E-state index contributed by atoms with van der Waals surface area (Å²) in [6, 6.07) is 2.31. The van der Waals surface area contributed by atoms with Gasteiger partial charge in [0.15, 0.2) is 0 Å². The summed E-state index contributed by atoms with van der Waals surface area (Å²) < 4.78 is 22.1. The maximum Gasteiger partial charge on any atom is 0.249 e. The number of rotatable bonds is 1. The molecule has 76 valence electrons. The second-order valence-electron chi connectivity index (χ2n) is 3.29. The van der Waals surface area contributed by atoms with Gasteiger partial charge in [-0.05, 0) is 18.8 Å². The average molecular weight is 213 g/mol. The zero-order chi connectivity index (χ0) is 10.4. The lowest BCUT2D eigenvalue weighted by molar-refractivity contribution is 0.475. The van der Waals surface area contributed by atoms with Gasteiger partial charge in [0, 0.05) is 12.5 Å². The van der Waals surface area contributed by atoms with Gasteiger partial charge < -0.3 is 0 Å². The van der Waals surface area contributed by atoms with E-state index in [1.54, 1.807) is 0 Å². The maximum absolute atomic E-state index is 11.1. The molecule has 0 bridgehead atoms. The second-order valence-corrected chi connectivity index (χ2v) is 5.59. The van der Waals surface area contributed by atoms with Crippen molar-refractivity contribution in [2.75, 3.05) is 11.5 Å². The minimum Gasteiger partial charge on any atom is -0.229 e. The molecule has 0 aromatic carbocycles. The standard InChI is InChI=1S/C9H11NO3S/c11-8-10-5-1-2-9-3-6-14(12,13)7-4-9/h9H,2-4,6-7H2. The molecular formula is C9H11NO3S. The first-order valence-electron chi connectivity index (χ1n) is 4.39. The van der Waals surface area contributed by atoms with Crippen LogP contribution < -0.4 is 0 Å². The predicted molar refractivity (Wildman–Crippen MR) is 51.9 cm³/mol. The summed E-state index contributed by atoms with van der Waals surface area (Å²) >= 11 is 0. The maximum atomic E-state index is 11.1. The van der Waals surface area contributed by atoms with Crippen LogP contribution >= 0.6 is 0 Å². The van der Waals surface area contributed by atoms with Gasteiger partial charge in [0.2, 0.25) is 6.08 Å². The Bertz CT molecular complexity index is 382. The third-order valence-electron chi connectivity index (χ3n) is 2.25. The number of aliphatic imine (C=N–C) groups is 1. The highest BCUT2D eigenvalue weighted by Crippen LogP contribution is 2.21. The molecule has 1 rings (SSSR count). The van der Waals surface area contributed by atoms with E-state index in [2.05, 4.69) is 17.0 Å². The van der Waals surface area contributed by atoms with Gasteiger partial charge in [-0.2, -0.15) is 0 Å². The Morgan fingerprint density at radius 2 is 1.93 bits per heavy atom. The number of isocyanates is 1. The fourth-order valence-corrected chi connectivity index (χ4v) is 2.98. The van der Waals surface area contributed by atoms with Crippen LogP contribution in [0, 0.1) is 17.9 Å². The lowest BCUT2D eigenvalue weighted by Gasteiger charge is -2.19. The van der Waals surface area contributed by atoms with E-state index in [4.69, 9.17) is 0 Å². The highest BCUT2D eigenvalue weighted by atomic mass is 32.2. The van der Waals surface area contributed by atoms with Crippen molar-refractivity contribution in [1.29, 1.82) is 0 Å². The van der Waals surface area contributed by atoms with Crippen LogP contribution in [0.4, 0.5) is 0 Å². The van der Waals surface area contributed by atoms with Gasteiger partial charge in [-0.25, -0.2) is 13.2 Å². The molecule has 1 heterocycles. The Morgan fingerprint density at radius 3 is 2.50 bits per heavy atom. The fraction of sp³-hybridized carbons (Fsp3) is 0.667. The average Bonchev–Trinajstić information content (AvgIpc) is 2.15. The van der Waals surface area contributed by atoms with Crippen LogP contribution in [0.15, 0.2) is 4.99 Å². The molecule has 0 aliphatic carbocycles. The van der Waals surface area contributed by atoms with Crippen LogP contribution in [-0.4, -0.2) is 26.0 Å². The molecule has 0 saturated carbocycles. The molecule has 0 unspecified atom stereocenters. The monoisotopic (exact) mass is 213 g/mol. The Morgan fingerprint density at radius 1 is 1.29 bits per heavy atom. The predicted octanol–water partition coefficient (Wildman–Crippen LogP) is 0.498. The quantitative estimate of drug-likeness (QED) is 0.362. The van der Waals surface area contributed by atoms with Crippen LogP contribution in [0.5, 0.6) is 0 Å². The van der Waals surface area contributed by atoms with Gasteiger partial charge >= 0.3 is 0 Å². The van der Waals surface area contributed by atoms with Gasteiger partial charge in [-0.3, -0.25) is 0 Å². The van der Waals surface area contributed by atoms with Crippen LogP contribution in [0.25, 0.3) is 0 Å². The third-order valence-corrected chi connectivity index (χ3v) is 3.96. The second kappa shape index (κ2) is 4.94. The van der Waals surface area contributed by atoms with E-state index < -0.39 is 9.84 Å². The molecule has 0 radical (unpaired) electrons. The first-order valence-corrected chi connectivity index (χ1v) is 6.21. The van der Waals surface area contributed by atoms with Crippen molar-refractivity contribution in [3.8, 4) is 12.0 Å². The summed E-state index contributed by atoms with van der Waals surface area (Å²) in [5, 5.41) is 0. The van der Waals surface area contributed by atoms with E-state index in [9.17, 15) is 13.2 Å². The number of nitrogens with zero attached hydrogens (tertiary/aromatic N) is 1. The fourth-order valence-electron chi connectivity index (χ4n) is 1.40. The van der Waals surface area contributed by atoms with Crippen molar-refractivity contribution in [3.05, 3.63) is 0 Å². The summed E-state index contributed by atoms with van der Waals surface area (Å²) in [6.45, 7) is 0. The van der Waals surface area contributed by atoms with Gasteiger partial charge in [0.05, 0.1) is 11.5 Å². The van der Waals surface area contributed by atoms with Gasteiger partial charge in [0.1, 0.15) is 9.84 Å². The summed E-state index contributed by atoms with van der Waals surface area (Å²) in [6.07, 6.45) is 3.27. The summed E-state index contributed by atoms with van der Waals surface area (Å²) in [7, 11) is -2.78. The molecule has 0 spiro atoms. The molecular weight excluding hydrogens is 202 g/mol. The normalized spacial score (nSPS) is 20.3. The Hall–Kier alpha value is -1.11. The summed E-state index contributed by atoms with van der Waals surface area (Å²) in [4.78, 5) is 12.8. The molecule has 4 nitrogen and oxygen atoms in total. The lowest BCUT2D eigenvalue weighted by Crippen LogP contribution is -2.22. The first-order chi connectivity index (χ1) is 6.64. The smallest absolute Gasteiger partial charge is 0.229 e. The Labute approximate surface area is 83.3 Å². The lowest BCUT2D eigenvalue weighted by atomic mass is 10.00. The van der Waals surface area contributed by atoms with Crippen molar-refractivity contribution in [2.24, 2.45) is 10.9 Å². The van der Waals surface area contributed by atoms with Crippen molar-refractivity contribution < 1.29 is 13.2 Å². The molecule has 1 aliphatic rings. The SMILES string of the molecule is O=C=NC#CCC1CCS(=O)(=O)CC1. The Balaban J connectivity index is 2.37. The van der Waals surface area contributed by atoms with E-state index in [1.165, 1.54) is 6.08 Å². The van der Waals surface area contributed by atoms with Gasteiger partial charge in [-0.1, -0.05) is 5.92 Å². The van der Waals surface area contributed by atoms with Crippen LogP contribution in [0.1, 0.15) is 19.3 Å².